The Kier molecular flexibility index (Phi) is 4.08. The summed E-state index contributed by atoms with van der Waals surface area (Å²) in [6.45, 7) is 11.2. The number of hydrogen-bond acceptors (Lipinski definition) is 1. The standard InChI is InChI=1S/C19H26O/c1-7-14-9-10-17(19(4,5)8-2)16-12-18(20-6)13(3)11-15(14)16/h9-12H,7-8H2,1-6H3. The fraction of sp³-hybridized carbons (Fsp3) is 0.474. The molecular weight excluding hydrogens is 244 g/mol. The van der Waals surface area contributed by atoms with Crippen molar-refractivity contribution in [2.45, 2.75) is 52.9 Å². The molecule has 2 aromatic carbocycles. The zero-order chi connectivity index (χ0) is 14.9. The Hall–Kier alpha value is -1.50. The molecular formula is C19H26O. The van der Waals surface area contributed by atoms with Crippen LogP contribution in [0.5, 0.6) is 5.75 Å². The molecule has 0 saturated heterocycles. The van der Waals surface area contributed by atoms with Gasteiger partial charge in [-0.15, -0.1) is 0 Å². The lowest BCUT2D eigenvalue weighted by Gasteiger charge is -2.26. The van der Waals surface area contributed by atoms with Crippen LogP contribution >= 0.6 is 0 Å². The van der Waals surface area contributed by atoms with Crippen molar-refractivity contribution < 1.29 is 4.74 Å². The van der Waals surface area contributed by atoms with Crippen molar-refractivity contribution in [1.82, 2.24) is 0 Å². The molecule has 20 heavy (non-hydrogen) atoms. The molecule has 0 spiro atoms. The van der Waals surface area contributed by atoms with Crippen LogP contribution in [0, 0.1) is 6.92 Å². The average Bonchev–Trinajstić information content (AvgIpc) is 2.45. The van der Waals surface area contributed by atoms with E-state index in [1.165, 1.54) is 27.5 Å². The first-order valence-corrected chi connectivity index (χ1v) is 7.55. The van der Waals surface area contributed by atoms with Gasteiger partial charge in [-0.05, 0) is 64.8 Å². The molecule has 0 amide bonds. The first kappa shape index (κ1) is 14.9. The summed E-state index contributed by atoms with van der Waals surface area (Å²) in [5, 5.41) is 2.73. The lowest BCUT2D eigenvalue weighted by Crippen LogP contribution is -2.16. The molecule has 0 radical (unpaired) electrons. The molecule has 0 aliphatic heterocycles. The smallest absolute Gasteiger partial charge is 0.122 e. The maximum atomic E-state index is 5.53. The van der Waals surface area contributed by atoms with Gasteiger partial charge in [0.2, 0.25) is 0 Å². The van der Waals surface area contributed by atoms with Crippen molar-refractivity contribution in [3.63, 3.8) is 0 Å². The third-order valence-electron chi connectivity index (χ3n) is 4.62. The predicted molar refractivity (Wildman–Crippen MR) is 87.9 cm³/mol. The second-order valence-corrected chi connectivity index (χ2v) is 6.23. The van der Waals surface area contributed by atoms with Crippen LogP contribution < -0.4 is 4.74 Å². The van der Waals surface area contributed by atoms with E-state index >= 15 is 0 Å². The topological polar surface area (TPSA) is 9.23 Å². The minimum atomic E-state index is 0.185. The van der Waals surface area contributed by atoms with Gasteiger partial charge >= 0.3 is 0 Å². The van der Waals surface area contributed by atoms with E-state index in [-0.39, 0.29) is 5.41 Å². The zero-order valence-electron chi connectivity index (χ0n) is 13.6. The molecule has 0 unspecified atom stereocenters. The molecule has 0 heterocycles. The van der Waals surface area contributed by atoms with Gasteiger partial charge in [-0.25, -0.2) is 0 Å². The van der Waals surface area contributed by atoms with E-state index in [9.17, 15) is 0 Å². The van der Waals surface area contributed by atoms with E-state index in [1.807, 2.05) is 0 Å². The third-order valence-corrected chi connectivity index (χ3v) is 4.62. The van der Waals surface area contributed by atoms with Crippen LogP contribution in [-0.4, -0.2) is 7.11 Å². The number of ether oxygens (including phenoxy) is 1. The average molecular weight is 270 g/mol. The molecule has 0 N–H and O–H groups in total. The van der Waals surface area contributed by atoms with E-state index in [2.05, 4.69) is 58.9 Å². The fourth-order valence-corrected chi connectivity index (χ4v) is 2.85. The van der Waals surface area contributed by atoms with Crippen LogP contribution in [0.3, 0.4) is 0 Å². The maximum absolute atomic E-state index is 5.53. The summed E-state index contributed by atoms with van der Waals surface area (Å²) in [6, 6.07) is 9.10. The number of aryl methyl sites for hydroxylation is 2. The number of fused-ring (bicyclic) bond motifs is 1. The van der Waals surface area contributed by atoms with Crippen LogP contribution in [0.15, 0.2) is 24.3 Å². The highest BCUT2D eigenvalue weighted by Crippen LogP contribution is 2.37. The first-order valence-electron chi connectivity index (χ1n) is 7.55. The van der Waals surface area contributed by atoms with Gasteiger partial charge < -0.3 is 4.74 Å². The van der Waals surface area contributed by atoms with E-state index in [0.717, 1.165) is 18.6 Å². The molecule has 108 valence electrons. The van der Waals surface area contributed by atoms with Gasteiger partial charge in [0.05, 0.1) is 7.11 Å². The Balaban J connectivity index is 2.84. The van der Waals surface area contributed by atoms with Crippen molar-refractivity contribution in [2.75, 3.05) is 7.11 Å². The van der Waals surface area contributed by atoms with E-state index in [1.54, 1.807) is 7.11 Å². The predicted octanol–water partition coefficient (Wildman–Crippen LogP) is 5.41. The van der Waals surface area contributed by atoms with Crippen LogP contribution in [0.4, 0.5) is 0 Å². The van der Waals surface area contributed by atoms with Crippen LogP contribution in [0.2, 0.25) is 0 Å². The van der Waals surface area contributed by atoms with E-state index < -0.39 is 0 Å². The highest BCUT2D eigenvalue weighted by molar-refractivity contribution is 5.91. The van der Waals surface area contributed by atoms with Gasteiger partial charge in [0, 0.05) is 0 Å². The van der Waals surface area contributed by atoms with Gasteiger partial charge in [0.25, 0.3) is 0 Å². The van der Waals surface area contributed by atoms with Crippen molar-refractivity contribution >= 4 is 10.8 Å². The highest BCUT2D eigenvalue weighted by atomic mass is 16.5. The lowest BCUT2D eigenvalue weighted by molar-refractivity contribution is 0.412. The molecule has 0 atom stereocenters. The summed E-state index contributed by atoms with van der Waals surface area (Å²) >= 11 is 0. The molecule has 1 heteroatoms. The first-order chi connectivity index (χ1) is 9.44. The Bertz CT molecular complexity index is 623. The van der Waals surface area contributed by atoms with Crippen molar-refractivity contribution in [3.05, 3.63) is 41.0 Å². The van der Waals surface area contributed by atoms with Gasteiger partial charge in [-0.2, -0.15) is 0 Å². The molecule has 2 rings (SSSR count). The molecule has 1 nitrogen and oxygen atoms in total. The summed E-state index contributed by atoms with van der Waals surface area (Å²) in [5.41, 5.74) is 4.23. The SMILES string of the molecule is CCc1ccc(C(C)(C)CC)c2cc(OC)c(C)cc12. The fourth-order valence-electron chi connectivity index (χ4n) is 2.85. The minimum absolute atomic E-state index is 0.185. The second-order valence-electron chi connectivity index (χ2n) is 6.23. The van der Waals surface area contributed by atoms with Gasteiger partial charge in [-0.1, -0.05) is 39.8 Å². The van der Waals surface area contributed by atoms with Crippen LogP contribution in [0.25, 0.3) is 10.8 Å². The van der Waals surface area contributed by atoms with Crippen molar-refractivity contribution in [3.8, 4) is 5.75 Å². The number of hydrogen-bond donors (Lipinski definition) is 0. The van der Waals surface area contributed by atoms with Crippen LogP contribution in [0.1, 0.15) is 50.8 Å². The Morgan fingerprint density at radius 2 is 1.75 bits per heavy atom. The molecule has 0 aromatic heterocycles. The molecule has 0 aliphatic carbocycles. The molecule has 0 bridgehead atoms. The monoisotopic (exact) mass is 270 g/mol. The normalized spacial score (nSPS) is 11.9. The molecule has 0 fully saturated rings. The minimum Gasteiger partial charge on any atom is -0.496 e. The number of benzene rings is 2. The lowest BCUT2D eigenvalue weighted by atomic mass is 9.78. The zero-order valence-corrected chi connectivity index (χ0v) is 13.6. The summed E-state index contributed by atoms with van der Waals surface area (Å²) in [7, 11) is 1.75. The second kappa shape index (κ2) is 5.47. The Labute approximate surface area is 123 Å². The summed E-state index contributed by atoms with van der Waals surface area (Å²) in [5.74, 6) is 0.985. The maximum Gasteiger partial charge on any atom is 0.122 e. The Morgan fingerprint density at radius 3 is 2.30 bits per heavy atom. The third kappa shape index (κ3) is 2.42. The number of methoxy groups -OCH3 is 1. The molecule has 0 saturated carbocycles. The van der Waals surface area contributed by atoms with Crippen LogP contribution in [-0.2, 0) is 11.8 Å². The Morgan fingerprint density at radius 1 is 1.05 bits per heavy atom. The highest BCUT2D eigenvalue weighted by Gasteiger charge is 2.22. The quantitative estimate of drug-likeness (QED) is 0.722. The number of rotatable bonds is 4. The van der Waals surface area contributed by atoms with E-state index in [0.29, 0.717) is 0 Å². The van der Waals surface area contributed by atoms with Gasteiger partial charge in [-0.3, -0.25) is 0 Å². The summed E-state index contributed by atoms with van der Waals surface area (Å²) in [6.07, 6.45) is 2.19. The summed E-state index contributed by atoms with van der Waals surface area (Å²) < 4.78 is 5.53. The summed E-state index contributed by atoms with van der Waals surface area (Å²) in [4.78, 5) is 0. The van der Waals surface area contributed by atoms with Gasteiger partial charge in [0.1, 0.15) is 5.75 Å². The van der Waals surface area contributed by atoms with Crippen molar-refractivity contribution in [1.29, 1.82) is 0 Å². The molecule has 2 aromatic rings. The molecule has 0 aliphatic rings. The van der Waals surface area contributed by atoms with Crippen molar-refractivity contribution in [2.24, 2.45) is 0 Å². The van der Waals surface area contributed by atoms with Gasteiger partial charge in [0.15, 0.2) is 0 Å². The largest absolute Gasteiger partial charge is 0.496 e. The van der Waals surface area contributed by atoms with E-state index in [4.69, 9.17) is 4.74 Å².